The monoisotopic (exact) mass is 263 g/mol. The van der Waals surface area contributed by atoms with Crippen molar-refractivity contribution in [1.29, 1.82) is 0 Å². The molecule has 4 nitrogen and oxygen atoms in total. The highest BCUT2D eigenvalue weighted by Gasteiger charge is 2.71. The van der Waals surface area contributed by atoms with Gasteiger partial charge in [-0.1, -0.05) is 0 Å². The van der Waals surface area contributed by atoms with E-state index in [1.165, 1.54) is 12.8 Å². The molecule has 0 N–H and O–H groups in total. The maximum absolute atomic E-state index is 12.0. The molecule has 4 heteroatoms. The van der Waals surface area contributed by atoms with Crippen molar-refractivity contribution in [3.8, 4) is 0 Å². The number of amidine groups is 1. The van der Waals surface area contributed by atoms with E-state index in [4.69, 9.17) is 4.99 Å². The maximum Gasteiger partial charge on any atom is 0.225 e. The zero-order valence-electron chi connectivity index (χ0n) is 12.7. The summed E-state index contributed by atoms with van der Waals surface area (Å²) >= 11 is 0. The lowest BCUT2D eigenvalue weighted by atomic mass is 9.92. The molecule has 0 aromatic heterocycles. The van der Waals surface area contributed by atoms with Crippen LogP contribution in [0.1, 0.15) is 47.0 Å². The van der Waals surface area contributed by atoms with Crippen LogP contribution in [0.3, 0.4) is 0 Å². The first kappa shape index (κ1) is 13.1. The summed E-state index contributed by atoms with van der Waals surface area (Å²) in [6, 6.07) is 0.648. The number of hydrogen-bond donors (Lipinski definition) is 0. The fourth-order valence-corrected chi connectivity index (χ4v) is 4.27. The summed E-state index contributed by atoms with van der Waals surface area (Å²) < 4.78 is 0. The Labute approximate surface area is 115 Å². The molecule has 3 unspecified atom stereocenters. The molecule has 3 fully saturated rings. The third-order valence-corrected chi connectivity index (χ3v) is 4.96. The molecule has 2 saturated heterocycles. The molecule has 2 aliphatic heterocycles. The zero-order valence-corrected chi connectivity index (χ0v) is 12.7. The van der Waals surface area contributed by atoms with E-state index < -0.39 is 0 Å². The lowest BCUT2D eigenvalue weighted by Gasteiger charge is -2.19. The molecule has 0 aromatic rings. The van der Waals surface area contributed by atoms with Crippen molar-refractivity contribution in [3.05, 3.63) is 0 Å². The molecule has 106 valence electrons. The van der Waals surface area contributed by atoms with Crippen LogP contribution >= 0.6 is 0 Å². The fourth-order valence-electron chi connectivity index (χ4n) is 4.27. The Morgan fingerprint density at radius 3 is 2.63 bits per heavy atom. The standard InChI is InChI=1S/C15H25N3O/c1-10(19)18-13(16-14(2,3)4)15(18)8-6-12-11(15)7-9-17(12)5/h11-12H,6-9H2,1-5H3. The van der Waals surface area contributed by atoms with Gasteiger partial charge in [0.15, 0.2) is 0 Å². The van der Waals surface area contributed by atoms with E-state index in [-0.39, 0.29) is 17.0 Å². The highest BCUT2D eigenvalue weighted by molar-refractivity contribution is 6.18. The van der Waals surface area contributed by atoms with Crippen LogP contribution in [0.15, 0.2) is 4.99 Å². The molecule has 3 aliphatic rings. The number of carbonyl (C=O) groups excluding carboxylic acids is 1. The largest absolute Gasteiger partial charge is 0.303 e. The Morgan fingerprint density at radius 2 is 2.05 bits per heavy atom. The van der Waals surface area contributed by atoms with Crippen molar-refractivity contribution < 1.29 is 4.79 Å². The molecule has 3 atom stereocenters. The Bertz CT molecular complexity index is 451. The SMILES string of the molecule is CC(=O)N1C(=NC(C)(C)C)C12CCC1C2CCN1C. The number of aliphatic imine (C=N–C) groups is 1. The van der Waals surface area contributed by atoms with Crippen molar-refractivity contribution in [2.45, 2.75) is 64.1 Å². The number of likely N-dealkylation sites (tertiary alicyclic amines) is 1. The Morgan fingerprint density at radius 1 is 1.37 bits per heavy atom. The van der Waals surface area contributed by atoms with Crippen molar-refractivity contribution in [3.63, 3.8) is 0 Å². The van der Waals surface area contributed by atoms with E-state index in [1.54, 1.807) is 6.92 Å². The molecule has 2 heterocycles. The van der Waals surface area contributed by atoms with Crippen LogP contribution in [0.2, 0.25) is 0 Å². The number of amides is 1. The molecular formula is C15H25N3O. The van der Waals surface area contributed by atoms with Gasteiger partial charge in [-0.05, 0) is 53.6 Å². The summed E-state index contributed by atoms with van der Waals surface area (Å²) in [7, 11) is 2.21. The molecule has 19 heavy (non-hydrogen) atoms. The van der Waals surface area contributed by atoms with Gasteiger partial charge in [0.25, 0.3) is 0 Å². The average Bonchev–Trinajstić information content (AvgIpc) is 2.58. The summed E-state index contributed by atoms with van der Waals surface area (Å²) in [5.41, 5.74) is -0.121. The van der Waals surface area contributed by atoms with Crippen molar-refractivity contribution in [2.75, 3.05) is 13.6 Å². The van der Waals surface area contributed by atoms with Crippen molar-refractivity contribution in [2.24, 2.45) is 10.9 Å². The molecule has 0 bridgehead atoms. The highest BCUT2D eigenvalue weighted by Crippen LogP contribution is 2.57. The van der Waals surface area contributed by atoms with Gasteiger partial charge in [0.2, 0.25) is 5.91 Å². The van der Waals surface area contributed by atoms with E-state index in [2.05, 4.69) is 32.7 Å². The number of hydrogen-bond acceptors (Lipinski definition) is 3. The van der Waals surface area contributed by atoms with Crippen LogP contribution in [0.5, 0.6) is 0 Å². The summed E-state index contributed by atoms with van der Waals surface area (Å²) in [6.45, 7) is 9.16. The van der Waals surface area contributed by atoms with E-state index in [0.29, 0.717) is 12.0 Å². The van der Waals surface area contributed by atoms with Gasteiger partial charge in [-0.3, -0.25) is 14.7 Å². The topological polar surface area (TPSA) is 35.7 Å². The number of rotatable bonds is 0. The van der Waals surface area contributed by atoms with E-state index in [1.807, 2.05) is 4.90 Å². The van der Waals surface area contributed by atoms with Gasteiger partial charge in [-0.15, -0.1) is 0 Å². The molecular weight excluding hydrogens is 238 g/mol. The lowest BCUT2D eigenvalue weighted by Crippen LogP contribution is -2.31. The molecule has 1 spiro atoms. The average molecular weight is 263 g/mol. The summed E-state index contributed by atoms with van der Waals surface area (Å²) in [4.78, 5) is 21.3. The van der Waals surface area contributed by atoms with Crippen LogP contribution in [0, 0.1) is 5.92 Å². The van der Waals surface area contributed by atoms with Gasteiger partial charge in [0.1, 0.15) is 11.4 Å². The summed E-state index contributed by atoms with van der Waals surface area (Å²) in [5.74, 6) is 1.83. The predicted molar refractivity (Wildman–Crippen MR) is 76.2 cm³/mol. The van der Waals surface area contributed by atoms with Gasteiger partial charge >= 0.3 is 0 Å². The fraction of sp³-hybridized carbons (Fsp3) is 0.867. The lowest BCUT2D eigenvalue weighted by molar-refractivity contribution is -0.124. The van der Waals surface area contributed by atoms with Gasteiger partial charge in [0, 0.05) is 18.9 Å². The highest BCUT2D eigenvalue weighted by atomic mass is 16.2. The van der Waals surface area contributed by atoms with Gasteiger partial charge in [-0.25, -0.2) is 0 Å². The molecule has 1 amide bonds. The van der Waals surface area contributed by atoms with Crippen LogP contribution in [-0.2, 0) is 4.79 Å². The number of fused-ring (bicyclic) bond motifs is 2. The first-order valence-corrected chi connectivity index (χ1v) is 7.39. The predicted octanol–water partition coefficient (Wildman–Crippen LogP) is 1.90. The van der Waals surface area contributed by atoms with Crippen molar-refractivity contribution in [1.82, 2.24) is 9.80 Å². The van der Waals surface area contributed by atoms with Crippen LogP contribution in [0.4, 0.5) is 0 Å². The summed E-state index contributed by atoms with van der Waals surface area (Å²) in [5, 5.41) is 0. The Balaban J connectivity index is 1.96. The van der Waals surface area contributed by atoms with Gasteiger partial charge < -0.3 is 4.90 Å². The van der Waals surface area contributed by atoms with E-state index >= 15 is 0 Å². The minimum Gasteiger partial charge on any atom is -0.303 e. The van der Waals surface area contributed by atoms with Crippen LogP contribution < -0.4 is 0 Å². The molecule has 0 aromatic carbocycles. The molecule has 3 rings (SSSR count). The van der Waals surface area contributed by atoms with Gasteiger partial charge in [0.05, 0.1) is 5.54 Å². The van der Waals surface area contributed by atoms with Crippen LogP contribution in [0.25, 0.3) is 0 Å². The minimum atomic E-state index is -0.102. The second-order valence-electron chi connectivity index (χ2n) is 7.37. The molecule has 1 aliphatic carbocycles. The molecule has 0 radical (unpaired) electrons. The quantitative estimate of drug-likeness (QED) is 0.626. The first-order valence-electron chi connectivity index (χ1n) is 7.39. The van der Waals surface area contributed by atoms with Gasteiger partial charge in [-0.2, -0.15) is 0 Å². The molecule has 1 saturated carbocycles. The second kappa shape index (κ2) is 3.81. The second-order valence-corrected chi connectivity index (χ2v) is 7.37. The normalized spacial score (nSPS) is 40.3. The number of nitrogens with zero attached hydrogens (tertiary/aromatic N) is 3. The number of carbonyl (C=O) groups is 1. The zero-order chi connectivity index (χ0) is 14.0. The van der Waals surface area contributed by atoms with E-state index in [9.17, 15) is 4.79 Å². The first-order chi connectivity index (χ1) is 8.77. The third kappa shape index (κ3) is 1.76. The Kier molecular flexibility index (Phi) is 2.63. The van der Waals surface area contributed by atoms with Crippen LogP contribution in [-0.4, -0.2) is 52.3 Å². The minimum absolute atomic E-state index is 0.0193. The van der Waals surface area contributed by atoms with E-state index in [0.717, 1.165) is 18.8 Å². The Hall–Kier alpha value is -0.900. The third-order valence-electron chi connectivity index (χ3n) is 4.96. The smallest absolute Gasteiger partial charge is 0.225 e. The maximum atomic E-state index is 12.0. The van der Waals surface area contributed by atoms with Crippen molar-refractivity contribution >= 4 is 11.7 Å². The summed E-state index contributed by atoms with van der Waals surface area (Å²) in [6.07, 6.45) is 3.50.